The second-order valence-corrected chi connectivity index (χ2v) is 11.8. The summed E-state index contributed by atoms with van der Waals surface area (Å²) in [5.41, 5.74) is 12.6. The predicted octanol–water partition coefficient (Wildman–Crippen LogP) is 1.85. The molecule has 0 aliphatic carbocycles. The summed E-state index contributed by atoms with van der Waals surface area (Å²) < 4.78 is 31.7. The molecule has 0 bridgehead atoms. The highest BCUT2D eigenvalue weighted by atomic mass is 19.4. The van der Waals surface area contributed by atoms with Crippen molar-refractivity contribution in [3.8, 4) is 0 Å². The van der Waals surface area contributed by atoms with Crippen LogP contribution >= 0.6 is 0 Å². The summed E-state index contributed by atoms with van der Waals surface area (Å²) in [6.07, 6.45) is -3.91. The number of carboxylic acid groups (broad SMARTS) is 2. The molecule has 0 saturated carbocycles. The van der Waals surface area contributed by atoms with E-state index in [0.717, 1.165) is 11.1 Å². The van der Waals surface area contributed by atoms with Gasteiger partial charge in [0.05, 0.1) is 6.04 Å². The summed E-state index contributed by atoms with van der Waals surface area (Å²) in [6.45, 7) is 4.27. The molecule has 0 unspecified atom stereocenters. The van der Waals surface area contributed by atoms with E-state index in [0.29, 0.717) is 12.8 Å². The maximum atomic E-state index is 13.6. The number of hydrogen-bond acceptors (Lipinski definition) is 7. The molecule has 258 valence electrons. The third-order valence-corrected chi connectivity index (χ3v) is 7.51. The molecule has 8 N–H and O–H groups in total. The minimum Gasteiger partial charge on any atom is -0.480 e. The Morgan fingerprint density at radius 2 is 1.28 bits per heavy atom. The van der Waals surface area contributed by atoms with Gasteiger partial charge in [0, 0.05) is 19.5 Å². The first kappa shape index (κ1) is 38.7. The third kappa shape index (κ3) is 12.7. The number of halogens is 3. The highest BCUT2D eigenvalue weighted by Crippen LogP contribution is 2.22. The van der Waals surface area contributed by atoms with Crippen LogP contribution < -0.4 is 22.1 Å². The van der Waals surface area contributed by atoms with Crippen LogP contribution in [0, 0.1) is 5.92 Å². The summed E-state index contributed by atoms with van der Waals surface area (Å²) in [7, 11) is 0. The summed E-state index contributed by atoms with van der Waals surface area (Å²) >= 11 is 0. The van der Waals surface area contributed by atoms with Crippen molar-refractivity contribution in [3.05, 3.63) is 71.8 Å². The number of nitrogens with zero attached hydrogens (tertiary/aromatic N) is 1. The van der Waals surface area contributed by atoms with E-state index in [1.807, 2.05) is 74.5 Å². The van der Waals surface area contributed by atoms with Gasteiger partial charge in [-0.25, -0.2) is 4.79 Å². The standard InChI is InChI=1S/C30H41N5O5.C2HF3O2/c1-20(2)17-25(28(38)35-15-13-30(32,14-16-35)29(39)40)34-27(37)24(19-22-11-7-4-8-12-22)33-26(36)23(31)18-21-9-5-3-6-10-21;3-2(4,5)1(6)7/h3-12,20,23-25H,13-19,31-32H2,1-2H3,(H,33,36)(H,34,37)(H,39,40);(H,6,7)/t23-,24-,25-;/m1./s1. The molecule has 1 saturated heterocycles. The SMILES string of the molecule is CC(C)C[C@@H](NC(=O)[C@@H](Cc1ccccc1)NC(=O)[C@H](N)Cc1ccccc1)C(=O)N1CCC(N)(C(=O)O)CC1.O=C(O)C(F)(F)F. The number of carboxylic acids is 2. The molecule has 0 spiro atoms. The number of benzene rings is 2. The number of amides is 3. The normalized spacial score (nSPS) is 16.1. The highest BCUT2D eigenvalue weighted by molar-refractivity contribution is 5.93. The van der Waals surface area contributed by atoms with Crippen LogP contribution in [0.4, 0.5) is 13.2 Å². The van der Waals surface area contributed by atoms with Crippen LogP contribution in [-0.4, -0.2) is 87.7 Å². The van der Waals surface area contributed by atoms with Crippen LogP contribution in [-0.2, 0) is 36.8 Å². The lowest BCUT2D eigenvalue weighted by molar-refractivity contribution is -0.192. The van der Waals surface area contributed by atoms with E-state index in [-0.39, 0.29) is 44.2 Å². The second-order valence-electron chi connectivity index (χ2n) is 11.8. The molecule has 47 heavy (non-hydrogen) atoms. The highest BCUT2D eigenvalue weighted by Gasteiger charge is 2.41. The van der Waals surface area contributed by atoms with Crippen molar-refractivity contribution in [2.45, 2.75) is 75.8 Å². The Labute approximate surface area is 270 Å². The topological polar surface area (TPSA) is 205 Å². The van der Waals surface area contributed by atoms with E-state index in [1.165, 1.54) is 0 Å². The van der Waals surface area contributed by atoms with Gasteiger partial charge in [0.1, 0.15) is 17.6 Å². The van der Waals surface area contributed by atoms with E-state index in [2.05, 4.69) is 10.6 Å². The van der Waals surface area contributed by atoms with Crippen LogP contribution in [0.2, 0.25) is 0 Å². The van der Waals surface area contributed by atoms with Gasteiger partial charge in [-0.2, -0.15) is 13.2 Å². The average Bonchev–Trinajstić information content (AvgIpc) is 3.01. The van der Waals surface area contributed by atoms with Gasteiger partial charge in [-0.1, -0.05) is 74.5 Å². The summed E-state index contributed by atoms with van der Waals surface area (Å²) in [5.74, 6) is -4.99. The van der Waals surface area contributed by atoms with Crippen LogP contribution in [0.15, 0.2) is 60.7 Å². The molecule has 1 aliphatic heterocycles. The number of hydrogen-bond donors (Lipinski definition) is 6. The second kappa shape index (κ2) is 17.4. The van der Waals surface area contributed by atoms with Crippen molar-refractivity contribution in [3.63, 3.8) is 0 Å². The number of rotatable bonds is 12. The Bertz CT molecular complexity index is 1350. The van der Waals surface area contributed by atoms with Gasteiger partial charge in [0.15, 0.2) is 0 Å². The van der Waals surface area contributed by atoms with Crippen molar-refractivity contribution in [2.24, 2.45) is 17.4 Å². The lowest BCUT2D eigenvalue weighted by atomic mass is 9.88. The first-order valence-electron chi connectivity index (χ1n) is 15.0. The largest absolute Gasteiger partial charge is 0.490 e. The van der Waals surface area contributed by atoms with Crippen molar-refractivity contribution < 1.29 is 47.4 Å². The number of alkyl halides is 3. The predicted molar refractivity (Wildman–Crippen MR) is 166 cm³/mol. The molecule has 1 heterocycles. The monoisotopic (exact) mass is 665 g/mol. The zero-order valence-corrected chi connectivity index (χ0v) is 26.2. The first-order valence-corrected chi connectivity index (χ1v) is 15.0. The Kier molecular flexibility index (Phi) is 14.3. The Morgan fingerprint density at radius 3 is 1.70 bits per heavy atom. The molecule has 3 atom stereocenters. The lowest BCUT2D eigenvalue weighted by Gasteiger charge is -2.38. The fraction of sp³-hybridized carbons (Fsp3) is 0.469. The minimum atomic E-state index is -5.08. The number of likely N-dealkylation sites (tertiary alicyclic amines) is 1. The smallest absolute Gasteiger partial charge is 0.480 e. The summed E-state index contributed by atoms with van der Waals surface area (Å²) in [5, 5.41) is 22.2. The molecular formula is C32H42F3N5O7. The maximum absolute atomic E-state index is 13.6. The van der Waals surface area contributed by atoms with Crippen LogP contribution in [0.5, 0.6) is 0 Å². The Balaban J connectivity index is 0.000000984. The minimum absolute atomic E-state index is 0.0909. The van der Waals surface area contributed by atoms with Crippen molar-refractivity contribution >= 4 is 29.7 Å². The fourth-order valence-corrected chi connectivity index (χ4v) is 4.82. The molecule has 0 radical (unpaired) electrons. The van der Waals surface area contributed by atoms with Crippen LogP contribution in [0.3, 0.4) is 0 Å². The molecular weight excluding hydrogens is 623 g/mol. The molecule has 0 aromatic heterocycles. The molecule has 15 heteroatoms. The molecule has 2 aromatic rings. The summed E-state index contributed by atoms with van der Waals surface area (Å²) in [4.78, 5) is 62.1. The number of aliphatic carboxylic acids is 2. The Morgan fingerprint density at radius 1 is 0.830 bits per heavy atom. The molecule has 3 amide bonds. The van der Waals surface area contributed by atoms with Gasteiger partial charge in [-0.05, 0) is 42.7 Å². The first-order chi connectivity index (χ1) is 21.9. The van der Waals surface area contributed by atoms with Gasteiger partial charge in [-0.3, -0.25) is 19.2 Å². The zero-order valence-electron chi connectivity index (χ0n) is 26.2. The average molecular weight is 666 g/mol. The van der Waals surface area contributed by atoms with Gasteiger partial charge in [-0.15, -0.1) is 0 Å². The molecule has 3 rings (SSSR count). The molecule has 12 nitrogen and oxygen atoms in total. The van der Waals surface area contributed by atoms with E-state index in [9.17, 15) is 37.5 Å². The van der Waals surface area contributed by atoms with E-state index in [1.54, 1.807) is 4.90 Å². The summed E-state index contributed by atoms with van der Waals surface area (Å²) in [6, 6.07) is 16.0. The quantitative estimate of drug-likeness (QED) is 0.195. The number of carbonyl (C=O) groups is 5. The third-order valence-electron chi connectivity index (χ3n) is 7.51. The number of piperidine rings is 1. The molecule has 1 fully saturated rings. The van der Waals surface area contributed by atoms with Gasteiger partial charge in [0.2, 0.25) is 17.7 Å². The van der Waals surface area contributed by atoms with Gasteiger partial charge in [0.25, 0.3) is 0 Å². The lowest BCUT2D eigenvalue weighted by Crippen LogP contribution is -2.60. The van der Waals surface area contributed by atoms with Crippen molar-refractivity contribution in [2.75, 3.05) is 13.1 Å². The molecule has 2 aromatic carbocycles. The maximum Gasteiger partial charge on any atom is 0.490 e. The number of carbonyl (C=O) groups excluding carboxylic acids is 3. The molecule has 1 aliphatic rings. The van der Waals surface area contributed by atoms with Crippen LogP contribution in [0.1, 0.15) is 44.2 Å². The fourth-order valence-electron chi connectivity index (χ4n) is 4.82. The van der Waals surface area contributed by atoms with Crippen molar-refractivity contribution in [1.82, 2.24) is 15.5 Å². The van der Waals surface area contributed by atoms with E-state index in [4.69, 9.17) is 21.4 Å². The number of nitrogens with one attached hydrogen (secondary N) is 2. The number of nitrogens with two attached hydrogens (primary N) is 2. The van der Waals surface area contributed by atoms with E-state index < -0.39 is 53.6 Å². The van der Waals surface area contributed by atoms with Crippen molar-refractivity contribution in [1.29, 1.82) is 0 Å². The van der Waals surface area contributed by atoms with Gasteiger partial charge < -0.3 is 37.2 Å². The Hall–Kier alpha value is -4.50. The zero-order chi connectivity index (χ0) is 35.4. The van der Waals surface area contributed by atoms with Crippen LogP contribution in [0.25, 0.3) is 0 Å². The van der Waals surface area contributed by atoms with E-state index >= 15 is 0 Å². The van der Waals surface area contributed by atoms with Gasteiger partial charge >= 0.3 is 18.1 Å².